The van der Waals surface area contributed by atoms with E-state index in [-0.39, 0.29) is 22.9 Å². The molecule has 0 bridgehead atoms. The molecule has 2 aromatic rings. The van der Waals surface area contributed by atoms with Gasteiger partial charge in [0, 0.05) is 22.5 Å². The van der Waals surface area contributed by atoms with Crippen molar-refractivity contribution in [3.63, 3.8) is 0 Å². The standard InChI is InChI=1S/C18H20N2O3S2/c21-18(20(15-8-9-15)12-16-4-2-10-24-16)13-3-1-5-17(11-13)25(22,23)19-14-6-7-14/h1-5,10-11,14-15,19H,6-9,12H2. The zero-order chi connectivity index (χ0) is 17.4. The summed E-state index contributed by atoms with van der Waals surface area (Å²) in [6, 6.07) is 10.7. The molecule has 0 saturated heterocycles. The van der Waals surface area contributed by atoms with Crippen molar-refractivity contribution < 1.29 is 13.2 Å². The summed E-state index contributed by atoms with van der Waals surface area (Å²) in [4.78, 5) is 16.2. The summed E-state index contributed by atoms with van der Waals surface area (Å²) in [7, 11) is -3.55. The lowest BCUT2D eigenvalue weighted by Gasteiger charge is -2.22. The summed E-state index contributed by atoms with van der Waals surface area (Å²) in [5.74, 6) is -0.0978. The number of hydrogen-bond acceptors (Lipinski definition) is 4. The monoisotopic (exact) mass is 376 g/mol. The van der Waals surface area contributed by atoms with Crippen LogP contribution in [0.3, 0.4) is 0 Å². The van der Waals surface area contributed by atoms with Gasteiger partial charge in [0.1, 0.15) is 0 Å². The molecular weight excluding hydrogens is 356 g/mol. The lowest BCUT2D eigenvalue weighted by molar-refractivity contribution is 0.0731. The quantitative estimate of drug-likeness (QED) is 0.808. The van der Waals surface area contributed by atoms with Crippen LogP contribution in [0.25, 0.3) is 0 Å². The molecule has 25 heavy (non-hydrogen) atoms. The van der Waals surface area contributed by atoms with Gasteiger partial charge in [0.05, 0.1) is 11.4 Å². The zero-order valence-corrected chi connectivity index (χ0v) is 15.4. The molecular formula is C18H20N2O3S2. The number of rotatable bonds is 7. The molecule has 1 aromatic carbocycles. The molecule has 2 fully saturated rings. The van der Waals surface area contributed by atoms with Gasteiger partial charge < -0.3 is 4.90 Å². The molecule has 2 aliphatic rings. The van der Waals surface area contributed by atoms with Crippen LogP contribution in [0, 0.1) is 0 Å². The van der Waals surface area contributed by atoms with Gasteiger partial charge in [-0.2, -0.15) is 0 Å². The van der Waals surface area contributed by atoms with E-state index in [2.05, 4.69) is 4.72 Å². The minimum absolute atomic E-state index is 0.0474. The van der Waals surface area contributed by atoms with E-state index >= 15 is 0 Å². The number of amides is 1. The fraction of sp³-hybridized carbons (Fsp3) is 0.389. The fourth-order valence-corrected chi connectivity index (χ4v) is 4.83. The lowest BCUT2D eigenvalue weighted by Crippen LogP contribution is -2.32. The Bertz CT molecular complexity index is 869. The number of nitrogens with zero attached hydrogens (tertiary/aromatic N) is 1. The van der Waals surface area contributed by atoms with Crippen LogP contribution in [-0.4, -0.2) is 31.3 Å². The number of hydrogen-bond donors (Lipinski definition) is 1. The van der Waals surface area contributed by atoms with E-state index < -0.39 is 10.0 Å². The van der Waals surface area contributed by atoms with Gasteiger partial charge in [0.15, 0.2) is 0 Å². The molecule has 4 rings (SSSR count). The maximum absolute atomic E-state index is 13.0. The first kappa shape index (κ1) is 16.8. The van der Waals surface area contributed by atoms with Crippen LogP contribution in [0.15, 0.2) is 46.7 Å². The molecule has 2 saturated carbocycles. The molecule has 0 unspecified atom stereocenters. The number of benzene rings is 1. The molecule has 1 heterocycles. The Balaban J connectivity index is 1.57. The van der Waals surface area contributed by atoms with Gasteiger partial charge >= 0.3 is 0 Å². The normalized spacial score (nSPS) is 17.4. The van der Waals surface area contributed by atoms with Crippen molar-refractivity contribution in [3.05, 3.63) is 52.2 Å². The average Bonchev–Trinajstić information content (AvgIpc) is 3.53. The molecule has 1 N–H and O–H groups in total. The van der Waals surface area contributed by atoms with Gasteiger partial charge in [-0.15, -0.1) is 11.3 Å². The van der Waals surface area contributed by atoms with Crippen molar-refractivity contribution in [2.24, 2.45) is 0 Å². The topological polar surface area (TPSA) is 66.5 Å². The molecule has 132 valence electrons. The highest BCUT2D eigenvalue weighted by Crippen LogP contribution is 2.31. The molecule has 1 amide bonds. The minimum Gasteiger partial charge on any atom is -0.331 e. The highest BCUT2D eigenvalue weighted by Gasteiger charge is 2.34. The Kier molecular flexibility index (Phi) is 4.39. The first-order chi connectivity index (χ1) is 12.0. The highest BCUT2D eigenvalue weighted by molar-refractivity contribution is 7.89. The summed E-state index contributed by atoms with van der Waals surface area (Å²) < 4.78 is 27.5. The predicted molar refractivity (Wildman–Crippen MR) is 97.0 cm³/mol. The van der Waals surface area contributed by atoms with E-state index in [1.807, 2.05) is 22.4 Å². The van der Waals surface area contributed by atoms with Crippen molar-refractivity contribution in [3.8, 4) is 0 Å². The Morgan fingerprint density at radius 2 is 1.96 bits per heavy atom. The smallest absolute Gasteiger partial charge is 0.254 e. The fourth-order valence-electron chi connectivity index (χ4n) is 2.77. The second kappa shape index (κ2) is 6.55. The molecule has 0 spiro atoms. The van der Waals surface area contributed by atoms with Gasteiger partial charge in [-0.25, -0.2) is 13.1 Å². The van der Waals surface area contributed by atoms with E-state index in [0.717, 1.165) is 30.6 Å². The summed E-state index contributed by atoms with van der Waals surface area (Å²) >= 11 is 1.63. The van der Waals surface area contributed by atoms with Gasteiger partial charge in [-0.3, -0.25) is 4.79 Å². The first-order valence-electron chi connectivity index (χ1n) is 8.49. The van der Waals surface area contributed by atoms with Crippen LogP contribution >= 0.6 is 11.3 Å². The van der Waals surface area contributed by atoms with Crippen molar-refractivity contribution in [1.29, 1.82) is 0 Å². The maximum Gasteiger partial charge on any atom is 0.254 e. The number of nitrogens with one attached hydrogen (secondary N) is 1. The number of thiophene rings is 1. The number of sulfonamides is 1. The Morgan fingerprint density at radius 3 is 2.60 bits per heavy atom. The predicted octanol–water partition coefficient (Wildman–Crippen LogP) is 2.99. The van der Waals surface area contributed by atoms with E-state index in [9.17, 15) is 13.2 Å². The van der Waals surface area contributed by atoms with Crippen molar-refractivity contribution in [2.75, 3.05) is 0 Å². The molecule has 5 nitrogen and oxygen atoms in total. The largest absolute Gasteiger partial charge is 0.331 e. The van der Waals surface area contributed by atoms with E-state index in [1.165, 1.54) is 6.07 Å². The van der Waals surface area contributed by atoms with Gasteiger partial charge in [-0.05, 0) is 55.3 Å². The summed E-state index contributed by atoms with van der Waals surface area (Å²) in [5.41, 5.74) is 0.433. The molecule has 1 aromatic heterocycles. The third-order valence-corrected chi connectivity index (χ3v) is 6.82. The van der Waals surface area contributed by atoms with Crippen LogP contribution in [0.4, 0.5) is 0 Å². The summed E-state index contributed by atoms with van der Waals surface area (Å²) in [6.45, 7) is 0.582. The molecule has 2 aliphatic carbocycles. The van der Waals surface area contributed by atoms with E-state index in [1.54, 1.807) is 29.5 Å². The van der Waals surface area contributed by atoms with Crippen molar-refractivity contribution >= 4 is 27.3 Å². The molecule has 0 aliphatic heterocycles. The maximum atomic E-state index is 13.0. The van der Waals surface area contributed by atoms with E-state index in [0.29, 0.717) is 12.1 Å². The van der Waals surface area contributed by atoms with Crippen LogP contribution < -0.4 is 4.72 Å². The summed E-state index contributed by atoms with van der Waals surface area (Å²) in [5, 5.41) is 2.00. The number of carbonyl (C=O) groups is 1. The highest BCUT2D eigenvalue weighted by atomic mass is 32.2. The Labute approximate surface area is 151 Å². The van der Waals surface area contributed by atoms with Gasteiger partial charge in [0.25, 0.3) is 5.91 Å². The third-order valence-electron chi connectivity index (χ3n) is 4.45. The van der Waals surface area contributed by atoms with Crippen LogP contribution in [0.2, 0.25) is 0 Å². The summed E-state index contributed by atoms with van der Waals surface area (Å²) in [6.07, 6.45) is 3.79. The van der Waals surface area contributed by atoms with Crippen molar-refractivity contribution in [2.45, 2.75) is 49.2 Å². The average molecular weight is 377 g/mol. The van der Waals surface area contributed by atoms with E-state index in [4.69, 9.17) is 0 Å². The second-order valence-electron chi connectivity index (χ2n) is 6.67. The van der Waals surface area contributed by atoms with Crippen molar-refractivity contribution in [1.82, 2.24) is 9.62 Å². The molecule has 7 heteroatoms. The number of carbonyl (C=O) groups excluding carboxylic acids is 1. The van der Waals surface area contributed by atoms with Crippen LogP contribution in [-0.2, 0) is 16.6 Å². The van der Waals surface area contributed by atoms with Crippen LogP contribution in [0.5, 0.6) is 0 Å². The molecule has 0 radical (unpaired) electrons. The Hall–Kier alpha value is -1.70. The molecule has 0 atom stereocenters. The van der Waals surface area contributed by atoms with Crippen LogP contribution in [0.1, 0.15) is 40.9 Å². The zero-order valence-electron chi connectivity index (χ0n) is 13.7. The third kappa shape index (κ3) is 3.94. The SMILES string of the molecule is O=C(c1cccc(S(=O)(=O)NC2CC2)c1)N(Cc1cccs1)C1CC1. The Morgan fingerprint density at radius 1 is 1.16 bits per heavy atom. The van der Waals surface area contributed by atoms with Gasteiger partial charge in [0.2, 0.25) is 10.0 Å². The minimum atomic E-state index is -3.55. The second-order valence-corrected chi connectivity index (χ2v) is 9.41. The van der Waals surface area contributed by atoms with Gasteiger partial charge in [-0.1, -0.05) is 12.1 Å². The first-order valence-corrected chi connectivity index (χ1v) is 10.8. The lowest BCUT2D eigenvalue weighted by atomic mass is 10.2.